The first-order valence-corrected chi connectivity index (χ1v) is 9.84. The summed E-state index contributed by atoms with van der Waals surface area (Å²) in [6.45, 7) is 3.05. The number of hydrogen-bond donors (Lipinski definition) is 1. The molecular formula is C20H19ClF2N4O2. The number of carbonyl (C=O) groups excluding carboxylic acids is 1. The minimum atomic E-state index is -0.973. The summed E-state index contributed by atoms with van der Waals surface area (Å²) in [5, 5.41) is 10.1. The Balaban J connectivity index is 1.26. The van der Waals surface area contributed by atoms with Crippen LogP contribution < -0.4 is 9.80 Å². The Morgan fingerprint density at radius 3 is 2.62 bits per heavy atom. The highest BCUT2D eigenvalue weighted by Crippen LogP contribution is 2.44. The lowest BCUT2D eigenvalue weighted by atomic mass is 9.73. The van der Waals surface area contributed by atoms with Gasteiger partial charge in [0, 0.05) is 43.7 Å². The van der Waals surface area contributed by atoms with Gasteiger partial charge in [-0.2, -0.15) is 0 Å². The van der Waals surface area contributed by atoms with E-state index in [9.17, 15) is 18.7 Å². The molecular weight excluding hydrogens is 402 g/mol. The van der Waals surface area contributed by atoms with Crippen LogP contribution in [0.3, 0.4) is 0 Å². The summed E-state index contributed by atoms with van der Waals surface area (Å²) in [6.07, 6.45) is 0.489. The van der Waals surface area contributed by atoms with Crippen LogP contribution in [-0.2, 0) is 0 Å². The van der Waals surface area contributed by atoms with Gasteiger partial charge in [0.15, 0.2) is 0 Å². The Morgan fingerprint density at radius 2 is 1.93 bits per heavy atom. The summed E-state index contributed by atoms with van der Waals surface area (Å²) in [6, 6.07) is 5.84. The van der Waals surface area contributed by atoms with E-state index < -0.39 is 11.9 Å². The molecule has 152 valence electrons. The molecule has 0 radical (unpaired) electrons. The summed E-state index contributed by atoms with van der Waals surface area (Å²) in [5.41, 5.74) is 0.488. The van der Waals surface area contributed by atoms with E-state index in [4.69, 9.17) is 11.6 Å². The minimum Gasteiger partial charge on any atom is -0.388 e. The molecule has 2 fully saturated rings. The standard InChI is InChI=1S/C20H19ClF2N4O2/c21-13-2-3-14-17(18(13)23)15(28)5-6-27(14)19(29)26-10-20(11-26)8-25(9-20)16-4-1-12(22)7-24-16/h1-4,7,15,28H,5-6,8-11H2. The van der Waals surface area contributed by atoms with Crippen LogP contribution in [-0.4, -0.2) is 53.7 Å². The average Bonchev–Trinajstić information content (AvgIpc) is 2.63. The van der Waals surface area contributed by atoms with Gasteiger partial charge in [-0.05, 0) is 30.7 Å². The molecule has 2 aromatic rings. The predicted molar refractivity (Wildman–Crippen MR) is 104 cm³/mol. The van der Waals surface area contributed by atoms with Crippen molar-refractivity contribution in [3.8, 4) is 0 Å². The molecule has 29 heavy (non-hydrogen) atoms. The lowest BCUT2D eigenvalue weighted by Crippen LogP contribution is -2.74. The van der Waals surface area contributed by atoms with Crippen molar-refractivity contribution in [1.82, 2.24) is 9.88 Å². The second kappa shape index (κ2) is 6.53. The zero-order chi connectivity index (χ0) is 20.3. The number of rotatable bonds is 1. The van der Waals surface area contributed by atoms with Crippen LogP contribution >= 0.6 is 11.6 Å². The molecule has 4 heterocycles. The van der Waals surface area contributed by atoms with Crippen molar-refractivity contribution in [2.45, 2.75) is 12.5 Å². The maximum atomic E-state index is 14.4. The highest BCUT2D eigenvalue weighted by atomic mass is 35.5. The number of benzene rings is 1. The number of amides is 2. The van der Waals surface area contributed by atoms with Gasteiger partial charge in [0.25, 0.3) is 0 Å². The fraction of sp³-hybridized carbons (Fsp3) is 0.400. The number of aliphatic hydroxyl groups is 1. The predicted octanol–water partition coefficient (Wildman–Crippen LogP) is 3.20. The van der Waals surface area contributed by atoms with Crippen LogP contribution in [0.4, 0.5) is 25.1 Å². The highest BCUT2D eigenvalue weighted by Gasteiger charge is 2.54. The number of aromatic nitrogens is 1. The zero-order valence-electron chi connectivity index (χ0n) is 15.5. The Morgan fingerprint density at radius 1 is 1.17 bits per heavy atom. The number of likely N-dealkylation sites (tertiary alicyclic amines) is 1. The van der Waals surface area contributed by atoms with Crippen molar-refractivity contribution in [2.24, 2.45) is 5.41 Å². The van der Waals surface area contributed by atoms with Gasteiger partial charge < -0.3 is 14.9 Å². The lowest BCUT2D eigenvalue weighted by molar-refractivity contribution is 0.00920. The normalized spacial score (nSPS) is 22.2. The maximum Gasteiger partial charge on any atom is 0.324 e. The number of halogens is 3. The third-order valence-electron chi connectivity index (χ3n) is 6.00. The number of hydrogen-bond acceptors (Lipinski definition) is 4. The molecule has 1 spiro atoms. The van der Waals surface area contributed by atoms with Crippen LogP contribution in [0.15, 0.2) is 30.5 Å². The molecule has 2 amide bonds. The van der Waals surface area contributed by atoms with Crippen molar-refractivity contribution in [3.05, 3.63) is 52.7 Å². The van der Waals surface area contributed by atoms with Crippen molar-refractivity contribution in [2.75, 3.05) is 42.5 Å². The minimum absolute atomic E-state index is 0.0229. The molecule has 1 unspecified atom stereocenters. The third kappa shape index (κ3) is 2.93. The number of anilines is 2. The first-order valence-electron chi connectivity index (χ1n) is 9.46. The van der Waals surface area contributed by atoms with Crippen LogP contribution in [0, 0.1) is 17.0 Å². The molecule has 3 aliphatic heterocycles. The van der Waals surface area contributed by atoms with Crippen LogP contribution in [0.1, 0.15) is 18.1 Å². The van der Waals surface area contributed by atoms with Crippen molar-refractivity contribution >= 4 is 29.1 Å². The molecule has 1 atom stereocenters. The summed E-state index contributed by atoms with van der Waals surface area (Å²) >= 11 is 5.85. The number of fused-ring (bicyclic) bond motifs is 1. The van der Waals surface area contributed by atoms with E-state index in [-0.39, 0.29) is 34.3 Å². The molecule has 0 aliphatic carbocycles. The van der Waals surface area contributed by atoms with E-state index in [1.54, 1.807) is 17.0 Å². The number of aliphatic hydroxyl groups excluding tert-OH is 1. The monoisotopic (exact) mass is 420 g/mol. The van der Waals surface area contributed by atoms with Gasteiger partial charge in [-0.25, -0.2) is 18.6 Å². The van der Waals surface area contributed by atoms with Crippen molar-refractivity contribution in [1.29, 1.82) is 0 Å². The van der Waals surface area contributed by atoms with E-state index in [2.05, 4.69) is 9.88 Å². The molecule has 1 aromatic heterocycles. The molecule has 2 saturated heterocycles. The molecule has 1 N–H and O–H groups in total. The van der Waals surface area contributed by atoms with Gasteiger partial charge in [0.05, 0.1) is 23.0 Å². The molecule has 6 nitrogen and oxygen atoms in total. The topological polar surface area (TPSA) is 59.9 Å². The summed E-state index contributed by atoms with van der Waals surface area (Å²) in [5.74, 6) is -0.308. The molecule has 3 aliphatic rings. The Bertz CT molecular complexity index is 973. The fourth-order valence-electron chi connectivity index (χ4n) is 4.57. The van der Waals surface area contributed by atoms with E-state index in [0.29, 0.717) is 25.3 Å². The fourth-order valence-corrected chi connectivity index (χ4v) is 4.74. The summed E-state index contributed by atoms with van der Waals surface area (Å²) in [4.78, 5) is 22.4. The van der Waals surface area contributed by atoms with E-state index in [1.807, 2.05) is 0 Å². The second-order valence-corrected chi connectivity index (χ2v) is 8.49. The van der Waals surface area contributed by atoms with E-state index >= 15 is 0 Å². The van der Waals surface area contributed by atoms with E-state index in [0.717, 1.165) is 18.9 Å². The first kappa shape index (κ1) is 18.6. The van der Waals surface area contributed by atoms with Crippen LogP contribution in [0.2, 0.25) is 5.02 Å². The van der Waals surface area contributed by atoms with E-state index in [1.165, 1.54) is 23.2 Å². The van der Waals surface area contributed by atoms with Gasteiger partial charge in [-0.15, -0.1) is 0 Å². The molecule has 5 rings (SSSR count). The molecule has 9 heteroatoms. The third-order valence-corrected chi connectivity index (χ3v) is 6.29. The Kier molecular flexibility index (Phi) is 4.18. The van der Waals surface area contributed by atoms with Gasteiger partial charge in [-0.3, -0.25) is 4.90 Å². The average molecular weight is 421 g/mol. The van der Waals surface area contributed by atoms with Gasteiger partial charge in [0.2, 0.25) is 0 Å². The molecule has 0 bridgehead atoms. The lowest BCUT2D eigenvalue weighted by Gasteiger charge is -2.60. The van der Waals surface area contributed by atoms with Gasteiger partial charge in [-0.1, -0.05) is 11.6 Å². The van der Waals surface area contributed by atoms with Crippen molar-refractivity contribution in [3.63, 3.8) is 0 Å². The first-order chi connectivity index (χ1) is 13.9. The van der Waals surface area contributed by atoms with Gasteiger partial charge in [0.1, 0.15) is 17.5 Å². The van der Waals surface area contributed by atoms with Gasteiger partial charge >= 0.3 is 6.03 Å². The number of pyridine rings is 1. The number of nitrogens with zero attached hydrogens (tertiary/aromatic N) is 4. The highest BCUT2D eigenvalue weighted by molar-refractivity contribution is 6.31. The maximum absolute atomic E-state index is 14.4. The number of urea groups is 1. The van der Waals surface area contributed by atoms with Crippen LogP contribution in [0.25, 0.3) is 0 Å². The SMILES string of the molecule is O=C(N1CC2(C1)CN(c1ccc(F)cn1)C2)N1CCC(O)c2c1ccc(Cl)c2F. The second-order valence-electron chi connectivity index (χ2n) is 8.08. The summed E-state index contributed by atoms with van der Waals surface area (Å²) < 4.78 is 27.4. The smallest absolute Gasteiger partial charge is 0.324 e. The van der Waals surface area contributed by atoms with Crippen LogP contribution in [0.5, 0.6) is 0 Å². The molecule has 1 aromatic carbocycles. The largest absolute Gasteiger partial charge is 0.388 e. The summed E-state index contributed by atoms with van der Waals surface area (Å²) in [7, 11) is 0. The Labute approximate surface area is 171 Å². The van der Waals surface area contributed by atoms with Crippen molar-refractivity contribution < 1.29 is 18.7 Å². The molecule has 0 saturated carbocycles. The zero-order valence-corrected chi connectivity index (χ0v) is 16.2. The quantitative estimate of drug-likeness (QED) is 0.769. The Hall–Kier alpha value is -2.45. The number of carbonyl (C=O) groups is 1.